The maximum absolute atomic E-state index is 9.84. The van der Waals surface area contributed by atoms with Crippen molar-refractivity contribution in [3.8, 4) is 0 Å². The van der Waals surface area contributed by atoms with Crippen LogP contribution in [0, 0.1) is 0 Å². The third kappa shape index (κ3) is 3.61. The largest absolute Gasteiger partial charge is 0.389 e. The second-order valence-corrected chi connectivity index (χ2v) is 4.56. The summed E-state index contributed by atoms with van der Waals surface area (Å²) in [6, 6.07) is 2.10. The van der Waals surface area contributed by atoms with Crippen LogP contribution in [0.5, 0.6) is 0 Å². The Morgan fingerprint density at radius 2 is 2.19 bits per heavy atom. The maximum atomic E-state index is 9.84. The Kier molecular flexibility index (Phi) is 4.50. The summed E-state index contributed by atoms with van der Waals surface area (Å²) in [5.41, 5.74) is 1.65. The van der Waals surface area contributed by atoms with E-state index in [2.05, 4.69) is 23.4 Å². The molecule has 0 fully saturated rings. The van der Waals surface area contributed by atoms with Crippen LogP contribution in [-0.4, -0.2) is 27.0 Å². The van der Waals surface area contributed by atoms with E-state index in [1.54, 1.807) is 0 Å². The third-order valence-corrected chi connectivity index (χ3v) is 2.96. The molecule has 0 bridgehead atoms. The standard InChI is InChI=1S/C12H23N3O/c1-5-10-7-11(15(4)14-10)8-13-9-12(3,16)6-2/h7,13,16H,5-6,8-9H2,1-4H3. The van der Waals surface area contributed by atoms with E-state index in [1.165, 1.54) is 0 Å². The number of rotatable bonds is 6. The molecule has 0 saturated heterocycles. The van der Waals surface area contributed by atoms with Crippen LogP contribution in [-0.2, 0) is 20.0 Å². The normalized spacial score (nSPS) is 15.1. The molecule has 0 saturated carbocycles. The summed E-state index contributed by atoms with van der Waals surface area (Å²) in [4.78, 5) is 0. The van der Waals surface area contributed by atoms with Crippen molar-refractivity contribution in [3.05, 3.63) is 17.5 Å². The maximum Gasteiger partial charge on any atom is 0.0741 e. The summed E-state index contributed by atoms with van der Waals surface area (Å²) >= 11 is 0. The number of nitrogens with one attached hydrogen (secondary N) is 1. The van der Waals surface area contributed by atoms with Gasteiger partial charge in [-0.05, 0) is 25.8 Å². The third-order valence-electron chi connectivity index (χ3n) is 2.96. The first kappa shape index (κ1) is 13.2. The first-order chi connectivity index (χ1) is 7.48. The average Bonchev–Trinajstić information content (AvgIpc) is 2.60. The van der Waals surface area contributed by atoms with Gasteiger partial charge in [0, 0.05) is 20.1 Å². The lowest BCUT2D eigenvalue weighted by molar-refractivity contribution is 0.0554. The molecule has 0 radical (unpaired) electrons. The van der Waals surface area contributed by atoms with Gasteiger partial charge in [-0.25, -0.2) is 0 Å². The Balaban J connectivity index is 2.45. The summed E-state index contributed by atoms with van der Waals surface area (Å²) in [5, 5.41) is 17.5. The van der Waals surface area contributed by atoms with Crippen molar-refractivity contribution in [2.45, 2.75) is 45.8 Å². The van der Waals surface area contributed by atoms with E-state index in [0.29, 0.717) is 6.54 Å². The van der Waals surface area contributed by atoms with Crippen molar-refractivity contribution in [3.63, 3.8) is 0 Å². The van der Waals surface area contributed by atoms with Crippen LogP contribution in [0.15, 0.2) is 6.07 Å². The molecule has 2 N–H and O–H groups in total. The summed E-state index contributed by atoms with van der Waals surface area (Å²) in [7, 11) is 1.95. The number of nitrogens with zero attached hydrogens (tertiary/aromatic N) is 2. The summed E-state index contributed by atoms with van der Waals surface area (Å²) in [6.45, 7) is 7.29. The molecular weight excluding hydrogens is 202 g/mol. The Hall–Kier alpha value is -0.870. The van der Waals surface area contributed by atoms with Gasteiger partial charge in [0.05, 0.1) is 17.0 Å². The van der Waals surface area contributed by atoms with Gasteiger partial charge in [-0.1, -0.05) is 13.8 Å². The van der Waals surface area contributed by atoms with Gasteiger partial charge in [0.2, 0.25) is 0 Å². The van der Waals surface area contributed by atoms with Gasteiger partial charge in [-0.15, -0.1) is 0 Å². The minimum absolute atomic E-state index is 0.607. The van der Waals surface area contributed by atoms with Gasteiger partial charge in [0.15, 0.2) is 0 Å². The van der Waals surface area contributed by atoms with Crippen LogP contribution in [0.25, 0.3) is 0 Å². The predicted molar refractivity (Wildman–Crippen MR) is 65.2 cm³/mol. The number of aliphatic hydroxyl groups is 1. The molecule has 16 heavy (non-hydrogen) atoms. The Bertz CT molecular complexity index is 331. The SMILES string of the molecule is CCc1cc(CNCC(C)(O)CC)n(C)n1. The second-order valence-electron chi connectivity index (χ2n) is 4.56. The molecule has 1 aromatic rings. The van der Waals surface area contributed by atoms with E-state index in [9.17, 15) is 5.11 Å². The molecule has 1 unspecified atom stereocenters. The monoisotopic (exact) mass is 225 g/mol. The van der Waals surface area contributed by atoms with Crippen molar-refractivity contribution >= 4 is 0 Å². The highest BCUT2D eigenvalue weighted by Crippen LogP contribution is 2.07. The number of aryl methyl sites for hydroxylation is 2. The van der Waals surface area contributed by atoms with Crippen LogP contribution >= 0.6 is 0 Å². The van der Waals surface area contributed by atoms with Crippen molar-refractivity contribution in [2.75, 3.05) is 6.54 Å². The molecule has 0 aliphatic carbocycles. The molecule has 1 rings (SSSR count). The molecule has 0 aliphatic heterocycles. The predicted octanol–water partition coefficient (Wildman–Crippen LogP) is 1.23. The van der Waals surface area contributed by atoms with Crippen LogP contribution in [0.1, 0.15) is 38.6 Å². The Morgan fingerprint density at radius 3 is 2.69 bits per heavy atom. The smallest absolute Gasteiger partial charge is 0.0741 e. The number of hydrogen-bond acceptors (Lipinski definition) is 3. The molecule has 4 nitrogen and oxygen atoms in total. The van der Waals surface area contributed by atoms with Gasteiger partial charge in [0.1, 0.15) is 0 Å². The molecule has 1 aromatic heterocycles. The second kappa shape index (κ2) is 5.46. The highest BCUT2D eigenvalue weighted by atomic mass is 16.3. The molecule has 1 atom stereocenters. The fraction of sp³-hybridized carbons (Fsp3) is 0.750. The van der Waals surface area contributed by atoms with Crippen LogP contribution in [0.2, 0.25) is 0 Å². The molecule has 0 aliphatic rings. The van der Waals surface area contributed by atoms with E-state index in [-0.39, 0.29) is 0 Å². The minimum Gasteiger partial charge on any atom is -0.389 e. The van der Waals surface area contributed by atoms with Gasteiger partial charge in [0.25, 0.3) is 0 Å². The van der Waals surface area contributed by atoms with E-state index in [4.69, 9.17) is 0 Å². The summed E-state index contributed by atoms with van der Waals surface area (Å²) in [5.74, 6) is 0. The molecule has 4 heteroatoms. The molecular formula is C12H23N3O. The van der Waals surface area contributed by atoms with Crippen LogP contribution in [0.3, 0.4) is 0 Å². The summed E-state index contributed by atoms with van der Waals surface area (Å²) < 4.78 is 1.90. The fourth-order valence-corrected chi connectivity index (χ4v) is 1.49. The average molecular weight is 225 g/mol. The van der Waals surface area contributed by atoms with Gasteiger partial charge in [-0.2, -0.15) is 5.10 Å². The zero-order chi connectivity index (χ0) is 12.2. The highest BCUT2D eigenvalue weighted by Gasteiger charge is 2.16. The van der Waals surface area contributed by atoms with Gasteiger partial charge < -0.3 is 10.4 Å². The summed E-state index contributed by atoms with van der Waals surface area (Å²) in [6.07, 6.45) is 1.71. The van der Waals surface area contributed by atoms with E-state index < -0.39 is 5.60 Å². The Labute approximate surface area is 97.7 Å². The first-order valence-corrected chi connectivity index (χ1v) is 5.93. The zero-order valence-electron chi connectivity index (χ0n) is 10.7. The lowest BCUT2D eigenvalue weighted by atomic mass is 10.0. The lowest BCUT2D eigenvalue weighted by Crippen LogP contribution is -2.37. The van der Waals surface area contributed by atoms with Gasteiger partial charge >= 0.3 is 0 Å². The number of aromatic nitrogens is 2. The van der Waals surface area contributed by atoms with E-state index >= 15 is 0 Å². The van der Waals surface area contributed by atoms with E-state index in [0.717, 1.165) is 30.8 Å². The van der Waals surface area contributed by atoms with Gasteiger partial charge in [-0.3, -0.25) is 4.68 Å². The molecule has 0 spiro atoms. The molecule has 92 valence electrons. The lowest BCUT2D eigenvalue weighted by Gasteiger charge is -2.21. The zero-order valence-corrected chi connectivity index (χ0v) is 10.7. The minimum atomic E-state index is -0.619. The topological polar surface area (TPSA) is 50.1 Å². The fourth-order valence-electron chi connectivity index (χ4n) is 1.49. The van der Waals surface area contributed by atoms with E-state index in [1.807, 2.05) is 25.6 Å². The first-order valence-electron chi connectivity index (χ1n) is 5.93. The highest BCUT2D eigenvalue weighted by molar-refractivity contribution is 5.09. The molecule has 0 amide bonds. The van der Waals surface area contributed by atoms with Crippen molar-refractivity contribution in [1.82, 2.24) is 15.1 Å². The van der Waals surface area contributed by atoms with Crippen molar-refractivity contribution in [2.24, 2.45) is 7.05 Å². The quantitative estimate of drug-likeness (QED) is 0.765. The number of hydrogen-bond donors (Lipinski definition) is 2. The Morgan fingerprint density at radius 1 is 1.50 bits per heavy atom. The molecule has 0 aromatic carbocycles. The van der Waals surface area contributed by atoms with Crippen molar-refractivity contribution < 1.29 is 5.11 Å². The van der Waals surface area contributed by atoms with Crippen LogP contribution in [0.4, 0.5) is 0 Å². The molecule has 1 heterocycles. The van der Waals surface area contributed by atoms with Crippen molar-refractivity contribution in [1.29, 1.82) is 0 Å². The van der Waals surface area contributed by atoms with Crippen LogP contribution < -0.4 is 5.32 Å².